The van der Waals surface area contributed by atoms with Crippen LogP contribution in [0.2, 0.25) is 5.02 Å². The summed E-state index contributed by atoms with van der Waals surface area (Å²) in [6.07, 6.45) is 0. The van der Waals surface area contributed by atoms with Crippen molar-refractivity contribution in [2.24, 2.45) is 0 Å². The number of aliphatic carboxylic acids is 1. The molecule has 3 aromatic rings. The molecule has 0 saturated carbocycles. The van der Waals surface area contributed by atoms with Gasteiger partial charge < -0.3 is 14.6 Å². The summed E-state index contributed by atoms with van der Waals surface area (Å²) in [5.41, 5.74) is 1.41. The zero-order chi connectivity index (χ0) is 16.9. The fourth-order valence-corrected chi connectivity index (χ4v) is 2.31. The van der Waals surface area contributed by atoms with E-state index in [-0.39, 0.29) is 0 Å². The van der Waals surface area contributed by atoms with Crippen LogP contribution in [0.5, 0.6) is 5.75 Å². The minimum atomic E-state index is -1.31. The monoisotopic (exact) mass is 343 g/mol. The van der Waals surface area contributed by atoms with E-state index in [4.69, 9.17) is 16.3 Å². The Balaban J connectivity index is 1.83. The number of hydrogen-bond donors (Lipinski definition) is 0. The molecule has 0 amide bonds. The average molecular weight is 344 g/mol. The molecule has 0 aliphatic rings. The predicted octanol–water partition coefficient (Wildman–Crippen LogP) is 1.17. The molecule has 0 aliphatic heterocycles. The van der Waals surface area contributed by atoms with Crippen molar-refractivity contribution in [3.63, 3.8) is 0 Å². The van der Waals surface area contributed by atoms with E-state index in [1.807, 2.05) is 18.2 Å². The standard InChI is InChI=1S/C16H13ClN4O3/c17-13-7-3-1-5-11(13)9-21-19-16(18-20-21)12-6-2-4-8-14(12)24-10-15(22)23/h1-8H,9-10H2,(H,22,23)/p-1. The Bertz CT molecular complexity index is 866. The van der Waals surface area contributed by atoms with Crippen LogP contribution >= 0.6 is 11.6 Å². The topological polar surface area (TPSA) is 93.0 Å². The van der Waals surface area contributed by atoms with Gasteiger partial charge in [0.25, 0.3) is 0 Å². The Morgan fingerprint density at radius 2 is 1.92 bits per heavy atom. The number of halogens is 1. The lowest BCUT2D eigenvalue weighted by Crippen LogP contribution is -2.29. The fourth-order valence-electron chi connectivity index (χ4n) is 2.11. The number of carbonyl (C=O) groups excluding carboxylic acids is 1. The van der Waals surface area contributed by atoms with E-state index in [0.29, 0.717) is 28.7 Å². The van der Waals surface area contributed by atoms with Crippen molar-refractivity contribution < 1.29 is 14.6 Å². The van der Waals surface area contributed by atoms with E-state index in [2.05, 4.69) is 15.4 Å². The summed E-state index contributed by atoms with van der Waals surface area (Å²) in [6.45, 7) is -0.181. The molecule has 0 saturated heterocycles. The van der Waals surface area contributed by atoms with Crippen molar-refractivity contribution in [1.29, 1.82) is 0 Å². The molecule has 0 radical (unpaired) electrons. The van der Waals surface area contributed by atoms with Gasteiger partial charge in [-0.05, 0) is 29.0 Å². The Hall–Kier alpha value is -2.93. The molecule has 0 unspecified atom stereocenters. The van der Waals surface area contributed by atoms with Crippen LogP contribution in [0.4, 0.5) is 0 Å². The second-order valence-electron chi connectivity index (χ2n) is 4.89. The minimum absolute atomic E-state index is 0.330. The fraction of sp³-hybridized carbons (Fsp3) is 0.125. The molecule has 0 fully saturated rings. The summed E-state index contributed by atoms with van der Waals surface area (Å²) in [5, 5.41) is 23.5. The van der Waals surface area contributed by atoms with E-state index < -0.39 is 12.6 Å². The van der Waals surface area contributed by atoms with Crippen LogP contribution in [0.3, 0.4) is 0 Å². The van der Waals surface area contributed by atoms with E-state index in [0.717, 1.165) is 5.56 Å². The number of hydrogen-bond acceptors (Lipinski definition) is 6. The van der Waals surface area contributed by atoms with Gasteiger partial charge in [0.1, 0.15) is 12.4 Å². The number of carboxylic acid groups (broad SMARTS) is 1. The molecule has 7 nitrogen and oxygen atoms in total. The van der Waals surface area contributed by atoms with Gasteiger partial charge in [0.15, 0.2) is 0 Å². The molecule has 0 aliphatic carbocycles. The summed E-state index contributed by atoms with van der Waals surface area (Å²) in [5.74, 6) is -0.630. The summed E-state index contributed by atoms with van der Waals surface area (Å²) >= 11 is 6.12. The molecule has 8 heteroatoms. The third kappa shape index (κ3) is 3.69. The van der Waals surface area contributed by atoms with Crippen molar-refractivity contribution in [3.8, 4) is 17.1 Å². The maximum atomic E-state index is 10.6. The highest BCUT2D eigenvalue weighted by atomic mass is 35.5. The van der Waals surface area contributed by atoms with Gasteiger partial charge >= 0.3 is 0 Å². The molecular formula is C16H12ClN4O3-. The van der Waals surface area contributed by atoms with E-state index in [9.17, 15) is 9.90 Å². The molecule has 1 aromatic heterocycles. The van der Waals surface area contributed by atoms with Crippen LogP contribution < -0.4 is 9.84 Å². The number of carboxylic acids is 1. The molecule has 0 bridgehead atoms. The van der Waals surface area contributed by atoms with Gasteiger partial charge in [-0.25, -0.2) is 0 Å². The second-order valence-corrected chi connectivity index (χ2v) is 5.30. The number of tetrazole rings is 1. The van der Waals surface area contributed by atoms with Crippen molar-refractivity contribution in [1.82, 2.24) is 20.2 Å². The first kappa shape index (κ1) is 15.9. The Labute approximate surface area is 142 Å². The predicted molar refractivity (Wildman–Crippen MR) is 84.3 cm³/mol. The van der Waals surface area contributed by atoms with Crippen LogP contribution in [0.25, 0.3) is 11.4 Å². The van der Waals surface area contributed by atoms with Gasteiger partial charge in [-0.1, -0.05) is 41.9 Å². The number of aromatic nitrogens is 4. The van der Waals surface area contributed by atoms with Gasteiger partial charge in [-0.2, -0.15) is 4.80 Å². The average Bonchev–Trinajstić information content (AvgIpc) is 3.04. The molecular weight excluding hydrogens is 332 g/mol. The first-order valence-electron chi connectivity index (χ1n) is 7.07. The Morgan fingerprint density at radius 1 is 1.17 bits per heavy atom. The zero-order valence-electron chi connectivity index (χ0n) is 12.4. The van der Waals surface area contributed by atoms with Gasteiger partial charge in [-0.3, -0.25) is 0 Å². The number of nitrogens with zero attached hydrogens (tertiary/aromatic N) is 4. The summed E-state index contributed by atoms with van der Waals surface area (Å²) in [7, 11) is 0. The largest absolute Gasteiger partial charge is 0.546 e. The van der Waals surface area contributed by atoms with Crippen LogP contribution in [0.15, 0.2) is 48.5 Å². The molecule has 3 rings (SSSR count). The summed E-state index contributed by atoms with van der Waals surface area (Å²) in [4.78, 5) is 12.0. The maximum Gasteiger partial charge on any atom is 0.208 e. The van der Waals surface area contributed by atoms with Gasteiger partial charge in [0.05, 0.1) is 18.1 Å². The van der Waals surface area contributed by atoms with Crippen molar-refractivity contribution in [3.05, 3.63) is 59.1 Å². The first-order valence-corrected chi connectivity index (χ1v) is 7.44. The summed E-state index contributed by atoms with van der Waals surface area (Å²) in [6, 6.07) is 14.2. The van der Waals surface area contributed by atoms with Crippen LogP contribution in [-0.2, 0) is 11.3 Å². The number of benzene rings is 2. The van der Waals surface area contributed by atoms with Crippen LogP contribution in [0, 0.1) is 0 Å². The lowest BCUT2D eigenvalue weighted by molar-refractivity contribution is -0.307. The smallest absolute Gasteiger partial charge is 0.208 e. The zero-order valence-corrected chi connectivity index (χ0v) is 13.2. The van der Waals surface area contributed by atoms with E-state index >= 15 is 0 Å². The highest BCUT2D eigenvalue weighted by molar-refractivity contribution is 6.31. The van der Waals surface area contributed by atoms with Gasteiger partial charge in [-0.15, -0.1) is 10.2 Å². The third-order valence-corrected chi connectivity index (χ3v) is 3.56. The molecule has 0 spiro atoms. The Morgan fingerprint density at radius 3 is 2.71 bits per heavy atom. The number of rotatable bonds is 6. The highest BCUT2D eigenvalue weighted by Gasteiger charge is 2.12. The quantitative estimate of drug-likeness (QED) is 0.667. The van der Waals surface area contributed by atoms with Crippen LogP contribution in [0.1, 0.15) is 5.56 Å². The molecule has 1 heterocycles. The van der Waals surface area contributed by atoms with Gasteiger partial charge in [0, 0.05) is 5.02 Å². The minimum Gasteiger partial charge on any atom is -0.546 e. The molecule has 0 atom stereocenters. The van der Waals surface area contributed by atoms with Crippen molar-refractivity contribution >= 4 is 17.6 Å². The van der Waals surface area contributed by atoms with E-state index in [1.54, 1.807) is 30.3 Å². The van der Waals surface area contributed by atoms with Crippen molar-refractivity contribution in [2.45, 2.75) is 6.54 Å². The SMILES string of the molecule is O=C([O-])COc1ccccc1-c1nnn(Cc2ccccc2Cl)n1. The van der Waals surface area contributed by atoms with Crippen LogP contribution in [-0.4, -0.2) is 32.8 Å². The van der Waals surface area contributed by atoms with Crippen molar-refractivity contribution in [2.75, 3.05) is 6.61 Å². The lowest BCUT2D eigenvalue weighted by Gasteiger charge is -2.09. The third-order valence-electron chi connectivity index (χ3n) is 3.20. The Kier molecular flexibility index (Phi) is 4.72. The molecule has 2 aromatic carbocycles. The first-order chi connectivity index (χ1) is 11.6. The lowest BCUT2D eigenvalue weighted by atomic mass is 10.2. The van der Waals surface area contributed by atoms with Gasteiger partial charge in [0.2, 0.25) is 5.82 Å². The number of para-hydroxylation sites is 1. The normalized spacial score (nSPS) is 10.5. The van der Waals surface area contributed by atoms with E-state index in [1.165, 1.54) is 4.80 Å². The number of ether oxygens (including phenoxy) is 1. The maximum absolute atomic E-state index is 10.6. The highest BCUT2D eigenvalue weighted by Crippen LogP contribution is 2.26. The molecule has 0 N–H and O–H groups in total. The summed E-state index contributed by atoms with van der Waals surface area (Å²) < 4.78 is 5.20. The second kappa shape index (κ2) is 7.10. The molecule has 24 heavy (non-hydrogen) atoms. The molecule has 122 valence electrons. The number of carbonyl (C=O) groups is 1.